The molecule has 0 saturated carbocycles. The summed E-state index contributed by atoms with van der Waals surface area (Å²) in [6.45, 7) is 2.13. The molecule has 0 unspecified atom stereocenters. The van der Waals surface area contributed by atoms with Crippen LogP contribution in [0.1, 0.15) is 37.7 Å². The molecule has 1 aromatic carbocycles. The fourth-order valence-electron chi connectivity index (χ4n) is 3.78. The number of piperidine rings is 1. The summed E-state index contributed by atoms with van der Waals surface area (Å²) in [5.41, 5.74) is 0.133. The maximum absolute atomic E-state index is 13.7. The van der Waals surface area contributed by atoms with Crippen molar-refractivity contribution in [1.82, 2.24) is 9.80 Å². The van der Waals surface area contributed by atoms with Crippen molar-refractivity contribution in [2.45, 2.75) is 38.5 Å². The third-order valence-electron chi connectivity index (χ3n) is 5.23. The van der Waals surface area contributed by atoms with E-state index in [1.807, 2.05) is 0 Å². The highest BCUT2D eigenvalue weighted by Gasteiger charge is 2.28. The number of hydrogen-bond acceptors (Lipinski definition) is 2. The SMILES string of the molecule is O=C1CCCN1CC(=O)N1CCC[C@@H](CCc2c(F)cccc2F)C1. The molecule has 0 spiro atoms. The second-order valence-electron chi connectivity index (χ2n) is 7.01. The van der Waals surface area contributed by atoms with Gasteiger partial charge in [0, 0.05) is 31.6 Å². The molecular formula is C19H24F2N2O2. The van der Waals surface area contributed by atoms with E-state index in [1.54, 1.807) is 9.80 Å². The lowest BCUT2D eigenvalue weighted by molar-refractivity contribution is -0.139. The topological polar surface area (TPSA) is 40.6 Å². The molecule has 2 aliphatic heterocycles. The summed E-state index contributed by atoms with van der Waals surface area (Å²) >= 11 is 0. The van der Waals surface area contributed by atoms with Crippen molar-refractivity contribution >= 4 is 11.8 Å². The second kappa shape index (κ2) is 7.93. The number of benzene rings is 1. The molecule has 0 aliphatic carbocycles. The van der Waals surface area contributed by atoms with Crippen LogP contribution in [0, 0.1) is 17.6 Å². The third kappa shape index (κ3) is 4.35. The molecular weight excluding hydrogens is 326 g/mol. The summed E-state index contributed by atoms with van der Waals surface area (Å²) in [5.74, 6) is -0.729. The van der Waals surface area contributed by atoms with Crippen molar-refractivity contribution in [3.8, 4) is 0 Å². The van der Waals surface area contributed by atoms with Crippen LogP contribution in [0.4, 0.5) is 8.78 Å². The highest BCUT2D eigenvalue weighted by molar-refractivity contribution is 5.85. The van der Waals surface area contributed by atoms with E-state index >= 15 is 0 Å². The van der Waals surface area contributed by atoms with E-state index in [-0.39, 0.29) is 29.8 Å². The molecule has 2 aliphatic rings. The van der Waals surface area contributed by atoms with Crippen LogP contribution >= 0.6 is 0 Å². The van der Waals surface area contributed by atoms with Crippen molar-refractivity contribution in [3.05, 3.63) is 35.4 Å². The minimum Gasteiger partial charge on any atom is -0.341 e. The fraction of sp³-hybridized carbons (Fsp3) is 0.579. The molecule has 136 valence electrons. The number of halogens is 2. The van der Waals surface area contributed by atoms with E-state index in [4.69, 9.17) is 0 Å². The van der Waals surface area contributed by atoms with Gasteiger partial charge in [-0.25, -0.2) is 8.78 Å². The first kappa shape index (κ1) is 17.8. The van der Waals surface area contributed by atoms with Crippen LogP contribution in [-0.4, -0.2) is 47.8 Å². The van der Waals surface area contributed by atoms with Gasteiger partial charge in [0.1, 0.15) is 11.6 Å². The van der Waals surface area contributed by atoms with Crippen LogP contribution in [0.2, 0.25) is 0 Å². The van der Waals surface area contributed by atoms with E-state index in [2.05, 4.69) is 0 Å². The summed E-state index contributed by atoms with van der Waals surface area (Å²) in [5, 5.41) is 0. The van der Waals surface area contributed by atoms with Crippen LogP contribution in [0.3, 0.4) is 0 Å². The Morgan fingerprint density at radius 2 is 1.92 bits per heavy atom. The summed E-state index contributed by atoms with van der Waals surface area (Å²) in [6.07, 6.45) is 4.21. The van der Waals surface area contributed by atoms with Gasteiger partial charge in [-0.3, -0.25) is 9.59 Å². The van der Waals surface area contributed by atoms with Gasteiger partial charge < -0.3 is 9.80 Å². The van der Waals surface area contributed by atoms with E-state index in [0.29, 0.717) is 38.9 Å². The quantitative estimate of drug-likeness (QED) is 0.819. The van der Waals surface area contributed by atoms with Crippen molar-refractivity contribution in [1.29, 1.82) is 0 Å². The minimum atomic E-state index is -0.503. The Labute approximate surface area is 146 Å². The molecule has 2 heterocycles. The predicted molar refractivity (Wildman–Crippen MR) is 89.8 cm³/mol. The number of rotatable bonds is 5. The van der Waals surface area contributed by atoms with Crippen molar-refractivity contribution in [2.75, 3.05) is 26.2 Å². The molecule has 1 aromatic rings. The van der Waals surface area contributed by atoms with E-state index in [9.17, 15) is 18.4 Å². The van der Waals surface area contributed by atoms with Gasteiger partial charge in [-0.2, -0.15) is 0 Å². The Hall–Kier alpha value is -1.98. The van der Waals surface area contributed by atoms with Gasteiger partial charge in [-0.05, 0) is 50.2 Å². The number of likely N-dealkylation sites (tertiary alicyclic amines) is 2. The Balaban J connectivity index is 1.52. The summed E-state index contributed by atoms with van der Waals surface area (Å²) in [7, 11) is 0. The van der Waals surface area contributed by atoms with Gasteiger partial charge in [0.15, 0.2) is 0 Å². The Morgan fingerprint density at radius 1 is 1.16 bits per heavy atom. The lowest BCUT2D eigenvalue weighted by Crippen LogP contribution is -2.45. The molecule has 3 rings (SSSR count). The first-order chi connectivity index (χ1) is 12.0. The summed E-state index contributed by atoms with van der Waals surface area (Å²) in [4.78, 5) is 27.5. The lowest BCUT2D eigenvalue weighted by atomic mass is 9.91. The van der Waals surface area contributed by atoms with Gasteiger partial charge in [0.05, 0.1) is 6.54 Å². The Morgan fingerprint density at radius 3 is 2.60 bits per heavy atom. The van der Waals surface area contributed by atoms with Crippen molar-refractivity contribution in [2.24, 2.45) is 5.92 Å². The molecule has 0 bridgehead atoms. The van der Waals surface area contributed by atoms with E-state index in [0.717, 1.165) is 19.3 Å². The average molecular weight is 350 g/mol. The number of nitrogens with zero attached hydrogens (tertiary/aromatic N) is 2. The lowest BCUT2D eigenvalue weighted by Gasteiger charge is -2.34. The van der Waals surface area contributed by atoms with Crippen LogP contribution in [-0.2, 0) is 16.0 Å². The predicted octanol–water partition coefficient (Wildman–Crippen LogP) is 2.76. The number of hydrogen-bond donors (Lipinski definition) is 0. The minimum absolute atomic E-state index is 0.0166. The zero-order valence-corrected chi connectivity index (χ0v) is 14.3. The number of carbonyl (C=O) groups is 2. The normalized spacial score (nSPS) is 21.0. The van der Waals surface area contributed by atoms with Gasteiger partial charge in [0.25, 0.3) is 0 Å². The van der Waals surface area contributed by atoms with Crippen molar-refractivity contribution < 1.29 is 18.4 Å². The molecule has 6 heteroatoms. The molecule has 1 atom stereocenters. The smallest absolute Gasteiger partial charge is 0.242 e. The number of amides is 2. The molecule has 4 nitrogen and oxygen atoms in total. The monoisotopic (exact) mass is 350 g/mol. The molecule has 25 heavy (non-hydrogen) atoms. The molecule has 2 fully saturated rings. The second-order valence-corrected chi connectivity index (χ2v) is 7.01. The van der Waals surface area contributed by atoms with Gasteiger partial charge in [-0.15, -0.1) is 0 Å². The van der Waals surface area contributed by atoms with Crippen LogP contribution in [0.5, 0.6) is 0 Å². The van der Waals surface area contributed by atoms with E-state index in [1.165, 1.54) is 18.2 Å². The maximum atomic E-state index is 13.7. The molecule has 2 amide bonds. The average Bonchev–Trinajstić information content (AvgIpc) is 2.99. The third-order valence-corrected chi connectivity index (χ3v) is 5.23. The van der Waals surface area contributed by atoms with Crippen LogP contribution in [0.15, 0.2) is 18.2 Å². The van der Waals surface area contributed by atoms with Gasteiger partial charge in [0.2, 0.25) is 11.8 Å². The van der Waals surface area contributed by atoms with Gasteiger partial charge in [-0.1, -0.05) is 6.07 Å². The molecule has 0 aromatic heterocycles. The highest BCUT2D eigenvalue weighted by atomic mass is 19.1. The fourth-order valence-corrected chi connectivity index (χ4v) is 3.78. The van der Waals surface area contributed by atoms with Crippen molar-refractivity contribution in [3.63, 3.8) is 0 Å². The Kier molecular flexibility index (Phi) is 5.66. The zero-order valence-electron chi connectivity index (χ0n) is 14.3. The number of carbonyl (C=O) groups excluding carboxylic acids is 2. The highest BCUT2D eigenvalue weighted by Crippen LogP contribution is 2.24. The first-order valence-corrected chi connectivity index (χ1v) is 9.03. The van der Waals surface area contributed by atoms with E-state index < -0.39 is 11.6 Å². The first-order valence-electron chi connectivity index (χ1n) is 9.03. The zero-order chi connectivity index (χ0) is 17.8. The standard InChI is InChI=1S/C19H24F2N2O2/c20-16-5-1-6-17(21)15(16)9-8-14-4-2-10-22(12-14)19(25)13-23-11-3-7-18(23)24/h1,5-6,14H,2-4,7-13H2/t14-/m0/s1. The largest absolute Gasteiger partial charge is 0.341 e. The van der Waals surface area contributed by atoms with Gasteiger partial charge >= 0.3 is 0 Å². The molecule has 2 saturated heterocycles. The molecule has 0 radical (unpaired) electrons. The summed E-state index contributed by atoms with van der Waals surface area (Å²) < 4.78 is 27.5. The van der Waals surface area contributed by atoms with Crippen LogP contribution in [0.25, 0.3) is 0 Å². The van der Waals surface area contributed by atoms with Crippen LogP contribution < -0.4 is 0 Å². The Bertz CT molecular complexity index is 630. The molecule has 0 N–H and O–H groups in total. The summed E-state index contributed by atoms with van der Waals surface area (Å²) in [6, 6.07) is 3.93. The maximum Gasteiger partial charge on any atom is 0.242 e.